The highest BCUT2D eigenvalue weighted by Gasteiger charge is 2.20. The number of ketones is 1. The minimum Gasteiger partial charge on any atom is -0.300 e. The lowest BCUT2D eigenvalue weighted by Gasteiger charge is -2.28. The van der Waals surface area contributed by atoms with Gasteiger partial charge in [0.05, 0.1) is 0 Å². The first-order chi connectivity index (χ1) is 7.72. The average molecular weight is 224 g/mol. The van der Waals surface area contributed by atoms with Gasteiger partial charge in [0.1, 0.15) is 5.78 Å². The van der Waals surface area contributed by atoms with Gasteiger partial charge in [-0.15, -0.1) is 0 Å². The van der Waals surface area contributed by atoms with Gasteiger partial charge in [-0.3, -0.25) is 0 Å². The smallest absolute Gasteiger partial charge is 0.129 e. The van der Waals surface area contributed by atoms with E-state index in [1.54, 1.807) is 6.92 Å². The summed E-state index contributed by atoms with van der Waals surface area (Å²) in [6.45, 7) is 4.00. The molecule has 0 saturated heterocycles. The summed E-state index contributed by atoms with van der Waals surface area (Å²) < 4.78 is 0. The van der Waals surface area contributed by atoms with Crippen molar-refractivity contribution in [3.63, 3.8) is 0 Å². The number of hydrogen-bond acceptors (Lipinski definition) is 1. The zero-order valence-electron chi connectivity index (χ0n) is 11.1. The molecule has 0 bridgehead atoms. The standard InChI is InChI=1S/C15H28O/c1-3-4-5-6-14-9-11-15(12-10-14)8-7-13(2)16/h14-15H,3-12H2,1-2H3. The summed E-state index contributed by atoms with van der Waals surface area (Å²) >= 11 is 0. The molecule has 0 heterocycles. The predicted octanol–water partition coefficient (Wildman–Crippen LogP) is 4.74. The number of carbonyl (C=O) groups excluding carboxylic acids is 1. The van der Waals surface area contributed by atoms with Gasteiger partial charge >= 0.3 is 0 Å². The second-order valence-electron chi connectivity index (χ2n) is 5.62. The van der Waals surface area contributed by atoms with E-state index in [-0.39, 0.29) is 0 Å². The molecule has 1 aliphatic carbocycles. The van der Waals surface area contributed by atoms with Crippen LogP contribution in [-0.4, -0.2) is 5.78 Å². The van der Waals surface area contributed by atoms with Crippen LogP contribution >= 0.6 is 0 Å². The third-order valence-corrected chi connectivity index (χ3v) is 4.09. The molecule has 0 aromatic carbocycles. The van der Waals surface area contributed by atoms with Gasteiger partial charge in [-0.2, -0.15) is 0 Å². The molecule has 1 aliphatic rings. The van der Waals surface area contributed by atoms with Gasteiger partial charge in [0.25, 0.3) is 0 Å². The van der Waals surface area contributed by atoms with Crippen molar-refractivity contribution in [3.8, 4) is 0 Å². The van der Waals surface area contributed by atoms with Crippen LogP contribution in [-0.2, 0) is 4.79 Å². The Balaban J connectivity index is 2.06. The lowest BCUT2D eigenvalue weighted by atomic mass is 9.78. The lowest BCUT2D eigenvalue weighted by molar-refractivity contribution is -0.117. The van der Waals surface area contributed by atoms with Crippen LogP contribution in [0.4, 0.5) is 0 Å². The third-order valence-electron chi connectivity index (χ3n) is 4.09. The minimum atomic E-state index is 0.366. The van der Waals surface area contributed by atoms with E-state index >= 15 is 0 Å². The predicted molar refractivity (Wildman–Crippen MR) is 69.5 cm³/mol. The van der Waals surface area contributed by atoms with Crippen LogP contribution in [0.3, 0.4) is 0 Å². The second kappa shape index (κ2) is 7.86. The van der Waals surface area contributed by atoms with Gasteiger partial charge in [-0.05, 0) is 25.2 Å². The van der Waals surface area contributed by atoms with Crippen molar-refractivity contribution in [2.75, 3.05) is 0 Å². The summed E-state index contributed by atoms with van der Waals surface area (Å²) in [5.74, 6) is 2.22. The van der Waals surface area contributed by atoms with Gasteiger partial charge < -0.3 is 4.79 Å². The van der Waals surface area contributed by atoms with Gasteiger partial charge in [-0.1, -0.05) is 58.3 Å². The molecule has 0 aromatic rings. The summed E-state index contributed by atoms with van der Waals surface area (Å²) in [5, 5.41) is 0. The molecule has 1 nitrogen and oxygen atoms in total. The van der Waals surface area contributed by atoms with E-state index in [0.29, 0.717) is 5.78 Å². The van der Waals surface area contributed by atoms with Crippen molar-refractivity contribution in [2.45, 2.75) is 78.1 Å². The first kappa shape index (κ1) is 13.7. The first-order valence-electron chi connectivity index (χ1n) is 7.21. The maximum absolute atomic E-state index is 10.9. The van der Waals surface area contributed by atoms with Gasteiger partial charge in [0, 0.05) is 6.42 Å². The molecule has 0 aromatic heterocycles. The Labute approximate surface area is 101 Å². The fraction of sp³-hybridized carbons (Fsp3) is 0.933. The Morgan fingerprint density at radius 2 is 1.56 bits per heavy atom. The van der Waals surface area contributed by atoms with Gasteiger partial charge in [-0.25, -0.2) is 0 Å². The van der Waals surface area contributed by atoms with Gasteiger partial charge in [0.2, 0.25) is 0 Å². The molecule has 16 heavy (non-hydrogen) atoms. The Kier molecular flexibility index (Phi) is 6.75. The Bertz CT molecular complexity index is 190. The lowest BCUT2D eigenvalue weighted by Crippen LogP contribution is -2.15. The molecule has 0 N–H and O–H groups in total. The molecule has 0 radical (unpaired) electrons. The molecule has 0 aliphatic heterocycles. The molecule has 94 valence electrons. The fourth-order valence-corrected chi connectivity index (χ4v) is 2.90. The largest absolute Gasteiger partial charge is 0.300 e. The summed E-state index contributed by atoms with van der Waals surface area (Å²) in [6, 6.07) is 0. The van der Waals surface area contributed by atoms with Crippen molar-refractivity contribution in [2.24, 2.45) is 11.8 Å². The maximum Gasteiger partial charge on any atom is 0.129 e. The van der Waals surface area contributed by atoms with Crippen LogP contribution in [0.15, 0.2) is 0 Å². The zero-order chi connectivity index (χ0) is 11.8. The van der Waals surface area contributed by atoms with E-state index in [4.69, 9.17) is 0 Å². The molecule has 0 unspecified atom stereocenters. The van der Waals surface area contributed by atoms with Crippen LogP contribution in [0.25, 0.3) is 0 Å². The van der Waals surface area contributed by atoms with Crippen molar-refractivity contribution < 1.29 is 4.79 Å². The normalized spacial score (nSPS) is 25.6. The maximum atomic E-state index is 10.9. The quantitative estimate of drug-likeness (QED) is 0.571. The van der Waals surface area contributed by atoms with E-state index < -0.39 is 0 Å². The number of Topliss-reactive ketones (excluding diaryl/α,β-unsaturated/α-hetero) is 1. The second-order valence-corrected chi connectivity index (χ2v) is 5.62. The van der Waals surface area contributed by atoms with Crippen molar-refractivity contribution >= 4 is 5.78 Å². The Morgan fingerprint density at radius 1 is 1.00 bits per heavy atom. The minimum absolute atomic E-state index is 0.366. The number of unbranched alkanes of at least 4 members (excludes halogenated alkanes) is 2. The van der Waals surface area contributed by atoms with E-state index in [1.165, 1.54) is 51.4 Å². The van der Waals surface area contributed by atoms with Crippen LogP contribution in [0.1, 0.15) is 78.1 Å². The Morgan fingerprint density at radius 3 is 2.06 bits per heavy atom. The van der Waals surface area contributed by atoms with Crippen LogP contribution in [0.2, 0.25) is 0 Å². The molecule has 1 rings (SSSR count). The number of carbonyl (C=O) groups is 1. The summed E-state index contributed by atoms with van der Waals surface area (Å²) in [6.07, 6.45) is 13.2. The highest BCUT2D eigenvalue weighted by Crippen LogP contribution is 2.34. The van der Waals surface area contributed by atoms with Crippen LogP contribution in [0.5, 0.6) is 0 Å². The fourth-order valence-electron chi connectivity index (χ4n) is 2.90. The van der Waals surface area contributed by atoms with E-state index in [0.717, 1.165) is 24.7 Å². The van der Waals surface area contributed by atoms with E-state index in [1.807, 2.05) is 0 Å². The monoisotopic (exact) mass is 224 g/mol. The molecule has 0 amide bonds. The van der Waals surface area contributed by atoms with Crippen molar-refractivity contribution in [1.29, 1.82) is 0 Å². The highest BCUT2D eigenvalue weighted by atomic mass is 16.1. The summed E-state index contributed by atoms with van der Waals surface area (Å²) in [5.41, 5.74) is 0. The molecule has 0 spiro atoms. The van der Waals surface area contributed by atoms with Gasteiger partial charge in [0.15, 0.2) is 0 Å². The third kappa shape index (κ3) is 5.67. The Hall–Kier alpha value is -0.330. The topological polar surface area (TPSA) is 17.1 Å². The number of hydrogen-bond donors (Lipinski definition) is 0. The molecule has 0 atom stereocenters. The number of rotatable bonds is 7. The van der Waals surface area contributed by atoms with Crippen molar-refractivity contribution in [3.05, 3.63) is 0 Å². The van der Waals surface area contributed by atoms with Crippen LogP contribution in [0, 0.1) is 11.8 Å². The van der Waals surface area contributed by atoms with E-state index in [9.17, 15) is 4.79 Å². The SMILES string of the molecule is CCCCCC1CCC(CCC(C)=O)CC1. The molecule has 1 heteroatoms. The van der Waals surface area contributed by atoms with Crippen LogP contribution < -0.4 is 0 Å². The first-order valence-corrected chi connectivity index (χ1v) is 7.21. The zero-order valence-corrected chi connectivity index (χ0v) is 11.1. The molecule has 1 saturated carbocycles. The summed E-state index contributed by atoms with van der Waals surface area (Å²) in [7, 11) is 0. The van der Waals surface area contributed by atoms with E-state index in [2.05, 4.69) is 6.92 Å². The average Bonchev–Trinajstić information content (AvgIpc) is 2.28. The van der Waals surface area contributed by atoms with Crippen molar-refractivity contribution in [1.82, 2.24) is 0 Å². The molecule has 1 fully saturated rings. The molecular formula is C15H28O. The highest BCUT2D eigenvalue weighted by molar-refractivity contribution is 5.75. The molecular weight excluding hydrogens is 196 g/mol. The summed E-state index contributed by atoms with van der Waals surface area (Å²) in [4.78, 5) is 10.9.